The number of carbonyl (C=O) groups excluding carboxylic acids is 1. The number of anilines is 2. The zero-order chi connectivity index (χ0) is 20.8. The van der Waals surface area contributed by atoms with Gasteiger partial charge in [0.05, 0.1) is 22.7 Å². The summed E-state index contributed by atoms with van der Waals surface area (Å²) in [6.45, 7) is 0. The number of nitrogens with one attached hydrogen (secondary N) is 2. The second-order valence-electron chi connectivity index (χ2n) is 5.56. The normalized spacial score (nSPS) is 11.0. The Morgan fingerprint density at radius 3 is 2.72 bits per heavy atom. The second-order valence-corrected chi connectivity index (χ2v) is 8.26. The van der Waals surface area contributed by atoms with Gasteiger partial charge in [0.25, 0.3) is 5.95 Å². The molecule has 0 aliphatic carbocycles. The molecule has 0 radical (unpaired) electrons. The van der Waals surface area contributed by atoms with Crippen LogP contribution in [0, 0.1) is 0 Å². The van der Waals surface area contributed by atoms with Gasteiger partial charge in [0.2, 0.25) is 11.1 Å². The summed E-state index contributed by atoms with van der Waals surface area (Å²) in [5.41, 5.74) is 4.09. The Hall–Kier alpha value is -2.27. The number of benzene rings is 2. The molecule has 8 nitrogen and oxygen atoms in total. The Balaban J connectivity index is 1.53. The first-order valence-corrected chi connectivity index (χ1v) is 10.6. The van der Waals surface area contributed by atoms with Gasteiger partial charge in [-0.25, -0.2) is 10.1 Å². The molecular weight excluding hydrogens is 501 g/mol. The molecule has 0 saturated heterocycles. The molecule has 29 heavy (non-hydrogen) atoms. The predicted molar refractivity (Wildman–Crippen MR) is 121 cm³/mol. The first kappa shape index (κ1) is 21.4. The van der Waals surface area contributed by atoms with E-state index in [2.05, 4.69) is 42.0 Å². The number of aromatic nitrogens is 3. The Bertz CT molecular complexity index is 1040. The minimum absolute atomic E-state index is 0.0659. The van der Waals surface area contributed by atoms with Crippen LogP contribution < -0.4 is 16.6 Å². The van der Waals surface area contributed by atoms with Gasteiger partial charge in [-0.05, 0) is 35.9 Å². The van der Waals surface area contributed by atoms with E-state index in [0.717, 1.165) is 21.8 Å². The molecule has 2 aromatic carbocycles. The average Bonchev–Trinajstić information content (AvgIpc) is 3.04. The van der Waals surface area contributed by atoms with Crippen molar-refractivity contribution in [2.24, 2.45) is 5.10 Å². The van der Waals surface area contributed by atoms with E-state index in [0.29, 0.717) is 20.9 Å². The smallest absolute Gasteiger partial charge is 0.264 e. The number of rotatable bonds is 7. The molecule has 1 amide bonds. The molecular formula is C17H14BrCl2N7OS. The zero-order valence-corrected chi connectivity index (χ0v) is 18.6. The van der Waals surface area contributed by atoms with E-state index in [4.69, 9.17) is 29.0 Å². The Morgan fingerprint density at radius 2 is 2.00 bits per heavy atom. The number of nitrogens with zero attached hydrogens (tertiary/aromatic N) is 4. The van der Waals surface area contributed by atoms with Gasteiger partial charge in [0.15, 0.2) is 0 Å². The highest BCUT2D eigenvalue weighted by molar-refractivity contribution is 9.10. The molecule has 1 heterocycles. The van der Waals surface area contributed by atoms with Crippen molar-refractivity contribution in [2.45, 2.75) is 5.16 Å². The Kier molecular flexibility index (Phi) is 7.37. The van der Waals surface area contributed by atoms with Crippen LogP contribution in [0.4, 0.5) is 11.6 Å². The molecule has 0 spiro atoms. The predicted octanol–water partition coefficient (Wildman–Crippen LogP) is 4.24. The van der Waals surface area contributed by atoms with Gasteiger partial charge in [-0.3, -0.25) is 4.79 Å². The number of amides is 1. The van der Waals surface area contributed by atoms with Gasteiger partial charge < -0.3 is 11.2 Å². The maximum absolute atomic E-state index is 12.1. The van der Waals surface area contributed by atoms with Crippen molar-refractivity contribution in [1.82, 2.24) is 14.9 Å². The highest BCUT2D eigenvalue weighted by Gasteiger charge is 2.13. The van der Waals surface area contributed by atoms with E-state index in [1.54, 1.807) is 24.4 Å². The van der Waals surface area contributed by atoms with Gasteiger partial charge in [-0.2, -0.15) is 5.10 Å². The monoisotopic (exact) mass is 513 g/mol. The summed E-state index contributed by atoms with van der Waals surface area (Å²) in [5, 5.41) is 15.8. The van der Waals surface area contributed by atoms with Crippen molar-refractivity contribution >= 4 is 74.7 Å². The summed E-state index contributed by atoms with van der Waals surface area (Å²) in [6.07, 6.45) is 1.62. The molecule has 12 heteroatoms. The van der Waals surface area contributed by atoms with E-state index in [-0.39, 0.29) is 17.6 Å². The van der Waals surface area contributed by atoms with Crippen LogP contribution in [0.5, 0.6) is 0 Å². The van der Waals surface area contributed by atoms with Crippen molar-refractivity contribution in [3.05, 3.63) is 62.5 Å². The van der Waals surface area contributed by atoms with Gasteiger partial charge in [-0.1, -0.05) is 63.0 Å². The fourth-order valence-corrected chi connectivity index (χ4v) is 3.45. The van der Waals surface area contributed by atoms with Crippen LogP contribution in [0.3, 0.4) is 0 Å². The van der Waals surface area contributed by atoms with Gasteiger partial charge in [0.1, 0.15) is 0 Å². The van der Waals surface area contributed by atoms with E-state index in [1.165, 1.54) is 4.68 Å². The highest BCUT2D eigenvalue weighted by Crippen LogP contribution is 2.26. The average molecular weight is 515 g/mol. The number of hydrogen-bond acceptors (Lipinski definition) is 7. The van der Waals surface area contributed by atoms with Crippen LogP contribution in [-0.4, -0.2) is 32.7 Å². The Labute approximate surface area is 189 Å². The van der Waals surface area contributed by atoms with Crippen LogP contribution in [-0.2, 0) is 4.79 Å². The number of nitrogen functional groups attached to an aromatic ring is 1. The van der Waals surface area contributed by atoms with E-state index < -0.39 is 0 Å². The third kappa shape index (κ3) is 6.10. The maximum Gasteiger partial charge on any atom is 0.264 e. The topological polar surface area (TPSA) is 110 Å². The maximum atomic E-state index is 12.1. The Morgan fingerprint density at radius 1 is 1.24 bits per heavy atom. The van der Waals surface area contributed by atoms with Crippen molar-refractivity contribution in [2.75, 3.05) is 22.3 Å². The summed E-state index contributed by atoms with van der Waals surface area (Å²) < 4.78 is 2.19. The quantitative estimate of drug-likeness (QED) is 0.188. The molecule has 0 unspecified atom stereocenters. The molecule has 0 bridgehead atoms. The molecule has 0 saturated carbocycles. The number of hydrazone groups is 1. The minimum Gasteiger partial charge on any atom is -0.334 e. The molecule has 150 valence electrons. The van der Waals surface area contributed by atoms with Crippen molar-refractivity contribution in [3.63, 3.8) is 0 Å². The van der Waals surface area contributed by atoms with Crippen molar-refractivity contribution in [1.29, 1.82) is 0 Å². The first-order valence-electron chi connectivity index (χ1n) is 8.05. The standard InChI is InChI=1S/C17H14BrCl2N7OS/c18-11-3-1-10(2-4-11)8-22-24-16-25-26-17(27(16)21)29-9-15(28)23-14-6-5-12(19)7-13(14)20/h1-8H,9,21H2,(H,23,28)(H,24,25)/b22-8+. The lowest BCUT2D eigenvalue weighted by Gasteiger charge is -2.07. The molecule has 4 N–H and O–H groups in total. The number of nitrogens with two attached hydrogens (primary N) is 1. The molecule has 0 atom stereocenters. The van der Waals surface area contributed by atoms with Crippen molar-refractivity contribution in [3.8, 4) is 0 Å². The van der Waals surface area contributed by atoms with Gasteiger partial charge in [0, 0.05) is 9.50 Å². The first-order chi connectivity index (χ1) is 13.9. The van der Waals surface area contributed by atoms with Crippen LogP contribution in [0.2, 0.25) is 10.0 Å². The van der Waals surface area contributed by atoms with Crippen LogP contribution >= 0.6 is 50.9 Å². The molecule has 1 aromatic heterocycles. The van der Waals surface area contributed by atoms with E-state index >= 15 is 0 Å². The second kappa shape index (κ2) is 9.97. The number of hydrogen-bond donors (Lipinski definition) is 3. The summed E-state index contributed by atoms with van der Waals surface area (Å²) in [4.78, 5) is 12.1. The van der Waals surface area contributed by atoms with Gasteiger partial charge >= 0.3 is 0 Å². The summed E-state index contributed by atoms with van der Waals surface area (Å²) in [5.74, 6) is 5.97. The lowest BCUT2D eigenvalue weighted by molar-refractivity contribution is -0.113. The van der Waals surface area contributed by atoms with Crippen LogP contribution in [0.15, 0.2) is 57.2 Å². The SMILES string of the molecule is Nn1c(N/N=C/c2ccc(Br)cc2)nnc1SCC(=O)Nc1ccc(Cl)cc1Cl. The van der Waals surface area contributed by atoms with E-state index in [9.17, 15) is 4.79 Å². The number of thioether (sulfide) groups is 1. The number of halogens is 3. The fourth-order valence-electron chi connectivity index (χ4n) is 2.07. The molecule has 3 rings (SSSR count). The lowest BCUT2D eigenvalue weighted by atomic mass is 10.2. The summed E-state index contributed by atoms with van der Waals surface area (Å²) in [7, 11) is 0. The molecule has 3 aromatic rings. The third-order valence-corrected chi connectivity index (χ3v) is 5.47. The molecule has 0 aliphatic rings. The highest BCUT2D eigenvalue weighted by atomic mass is 79.9. The number of carbonyl (C=O) groups is 1. The van der Waals surface area contributed by atoms with E-state index in [1.807, 2.05) is 24.3 Å². The molecule has 0 fully saturated rings. The fraction of sp³-hybridized carbons (Fsp3) is 0.0588. The minimum atomic E-state index is -0.273. The lowest BCUT2D eigenvalue weighted by Crippen LogP contribution is -2.17. The molecule has 0 aliphatic heterocycles. The van der Waals surface area contributed by atoms with Gasteiger partial charge in [-0.15, -0.1) is 10.2 Å². The third-order valence-electron chi connectivity index (χ3n) is 3.45. The summed E-state index contributed by atoms with van der Waals surface area (Å²) >= 11 is 16.4. The largest absolute Gasteiger partial charge is 0.334 e. The van der Waals surface area contributed by atoms with Crippen molar-refractivity contribution < 1.29 is 4.79 Å². The zero-order valence-electron chi connectivity index (χ0n) is 14.6. The van der Waals surface area contributed by atoms with Crippen LogP contribution in [0.1, 0.15) is 5.56 Å². The van der Waals surface area contributed by atoms with Crippen LogP contribution in [0.25, 0.3) is 0 Å². The summed E-state index contributed by atoms with van der Waals surface area (Å²) in [6, 6.07) is 12.4.